The van der Waals surface area contributed by atoms with Gasteiger partial charge in [-0.3, -0.25) is 4.98 Å². The summed E-state index contributed by atoms with van der Waals surface area (Å²) in [6.45, 7) is 2.01. The minimum absolute atomic E-state index is 0.0519. The zero-order chi connectivity index (χ0) is 11.5. The summed E-state index contributed by atoms with van der Waals surface area (Å²) in [6, 6.07) is 1.89. The Kier molecular flexibility index (Phi) is 2.72. The molecule has 0 saturated heterocycles. The number of nitrogens with one attached hydrogen (secondary N) is 1. The van der Waals surface area contributed by atoms with Crippen LogP contribution in [0, 0.1) is 0 Å². The van der Waals surface area contributed by atoms with Crippen LogP contribution in [0.25, 0.3) is 0 Å². The molecule has 0 aliphatic carbocycles. The highest BCUT2D eigenvalue weighted by Gasteiger charge is 2.10. The van der Waals surface area contributed by atoms with E-state index in [0.29, 0.717) is 5.69 Å². The lowest BCUT2D eigenvalue weighted by Crippen LogP contribution is -2.12. The minimum atomic E-state index is 0.0519. The summed E-state index contributed by atoms with van der Waals surface area (Å²) < 4.78 is 1.87. The lowest BCUT2D eigenvalue weighted by atomic mass is 10.3. The van der Waals surface area contributed by atoms with Crippen molar-refractivity contribution in [3.63, 3.8) is 0 Å². The molecule has 0 fully saturated rings. The van der Waals surface area contributed by atoms with Gasteiger partial charge in [-0.15, -0.1) is 10.2 Å². The molecule has 0 aromatic carbocycles. The van der Waals surface area contributed by atoms with Crippen molar-refractivity contribution in [3.8, 4) is 0 Å². The molecule has 6 heteroatoms. The third kappa shape index (κ3) is 2.10. The fourth-order valence-electron chi connectivity index (χ4n) is 1.54. The monoisotopic (exact) mass is 218 g/mol. The van der Waals surface area contributed by atoms with Crippen molar-refractivity contribution >= 4 is 11.4 Å². The molecule has 84 valence electrons. The average molecular weight is 218 g/mol. The summed E-state index contributed by atoms with van der Waals surface area (Å²) in [5, 5.41) is 11.1. The molecule has 0 aliphatic rings. The van der Waals surface area contributed by atoms with Gasteiger partial charge in [-0.2, -0.15) is 0 Å². The number of hydrogen-bond acceptors (Lipinski definition) is 5. The molecule has 0 saturated carbocycles. The molecule has 2 heterocycles. The molecule has 0 amide bonds. The summed E-state index contributed by atoms with van der Waals surface area (Å²) in [7, 11) is 1.91. The molecule has 2 aromatic rings. The van der Waals surface area contributed by atoms with E-state index in [2.05, 4.69) is 20.5 Å². The molecule has 0 aliphatic heterocycles. The number of aryl methyl sites for hydroxylation is 1. The Morgan fingerprint density at radius 3 is 2.88 bits per heavy atom. The smallest absolute Gasteiger partial charge is 0.154 e. The van der Waals surface area contributed by atoms with Gasteiger partial charge >= 0.3 is 0 Å². The van der Waals surface area contributed by atoms with E-state index in [4.69, 9.17) is 5.73 Å². The Bertz CT molecular complexity index is 478. The lowest BCUT2D eigenvalue weighted by Gasteiger charge is -2.14. The van der Waals surface area contributed by atoms with Gasteiger partial charge in [0.05, 0.1) is 23.6 Å². The lowest BCUT2D eigenvalue weighted by molar-refractivity contribution is 0.719. The van der Waals surface area contributed by atoms with Gasteiger partial charge in [0.25, 0.3) is 0 Å². The van der Waals surface area contributed by atoms with Crippen molar-refractivity contribution < 1.29 is 0 Å². The number of pyridine rings is 1. The van der Waals surface area contributed by atoms with Crippen molar-refractivity contribution in [1.29, 1.82) is 0 Å². The number of nitrogen functional groups attached to an aromatic ring is 1. The molecule has 6 nitrogen and oxygen atoms in total. The van der Waals surface area contributed by atoms with Crippen LogP contribution in [-0.4, -0.2) is 19.7 Å². The van der Waals surface area contributed by atoms with Crippen molar-refractivity contribution in [2.75, 3.05) is 11.1 Å². The van der Waals surface area contributed by atoms with E-state index in [0.717, 1.165) is 11.5 Å². The van der Waals surface area contributed by atoms with Gasteiger partial charge in [-0.05, 0) is 13.0 Å². The van der Waals surface area contributed by atoms with E-state index in [1.165, 1.54) is 0 Å². The predicted octanol–water partition coefficient (Wildman–Crippen LogP) is 0.965. The first-order valence-corrected chi connectivity index (χ1v) is 4.98. The van der Waals surface area contributed by atoms with Gasteiger partial charge < -0.3 is 15.6 Å². The predicted molar refractivity (Wildman–Crippen MR) is 61.7 cm³/mol. The number of nitrogens with two attached hydrogens (primary N) is 1. The maximum atomic E-state index is 5.65. The van der Waals surface area contributed by atoms with Crippen LogP contribution < -0.4 is 11.1 Å². The summed E-state index contributed by atoms with van der Waals surface area (Å²) in [6.07, 6.45) is 5.01. The molecule has 1 unspecified atom stereocenters. The van der Waals surface area contributed by atoms with E-state index in [1.54, 1.807) is 18.7 Å². The first-order chi connectivity index (χ1) is 7.66. The largest absolute Gasteiger partial charge is 0.397 e. The maximum absolute atomic E-state index is 5.65. The zero-order valence-corrected chi connectivity index (χ0v) is 9.25. The summed E-state index contributed by atoms with van der Waals surface area (Å²) in [5.41, 5.74) is 7.15. The number of nitrogens with zero attached hydrogens (tertiary/aromatic N) is 4. The van der Waals surface area contributed by atoms with Crippen molar-refractivity contribution in [2.24, 2.45) is 7.05 Å². The second kappa shape index (κ2) is 4.18. The molecule has 0 bridgehead atoms. The van der Waals surface area contributed by atoms with Gasteiger partial charge in [0.2, 0.25) is 0 Å². The zero-order valence-electron chi connectivity index (χ0n) is 9.25. The average Bonchev–Trinajstić information content (AvgIpc) is 2.64. The summed E-state index contributed by atoms with van der Waals surface area (Å²) in [5.74, 6) is 0.863. The molecular formula is C10H14N6. The Morgan fingerprint density at radius 1 is 1.44 bits per heavy atom. The summed E-state index contributed by atoms with van der Waals surface area (Å²) >= 11 is 0. The Hall–Kier alpha value is -2.11. The van der Waals surface area contributed by atoms with Crippen molar-refractivity contribution in [1.82, 2.24) is 19.7 Å². The minimum Gasteiger partial charge on any atom is -0.397 e. The SMILES string of the molecule is CC(Nc1cncc(N)c1)c1nncn1C. The topological polar surface area (TPSA) is 81.7 Å². The normalized spacial score (nSPS) is 12.4. The van der Waals surface area contributed by atoms with Crippen LogP contribution in [0.4, 0.5) is 11.4 Å². The van der Waals surface area contributed by atoms with E-state index in [9.17, 15) is 0 Å². The van der Waals surface area contributed by atoms with E-state index in [-0.39, 0.29) is 6.04 Å². The van der Waals surface area contributed by atoms with Gasteiger partial charge in [0, 0.05) is 13.2 Å². The highest BCUT2D eigenvalue weighted by atomic mass is 15.3. The Balaban J connectivity index is 2.14. The second-order valence-electron chi connectivity index (χ2n) is 3.67. The van der Waals surface area contributed by atoms with E-state index < -0.39 is 0 Å². The maximum Gasteiger partial charge on any atom is 0.154 e. The molecule has 1 atom stereocenters. The van der Waals surface area contributed by atoms with E-state index >= 15 is 0 Å². The van der Waals surface area contributed by atoms with Gasteiger partial charge in [-0.1, -0.05) is 0 Å². The van der Waals surface area contributed by atoms with Gasteiger partial charge in [0.1, 0.15) is 6.33 Å². The third-order valence-corrected chi connectivity index (χ3v) is 2.28. The number of aromatic nitrogens is 4. The van der Waals surface area contributed by atoms with Crippen molar-refractivity contribution in [3.05, 3.63) is 30.6 Å². The number of hydrogen-bond donors (Lipinski definition) is 2. The van der Waals surface area contributed by atoms with Crippen LogP contribution in [0.5, 0.6) is 0 Å². The number of rotatable bonds is 3. The molecule has 0 spiro atoms. The molecule has 3 N–H and O–H groups in total. The van der Waals surface area contributed by atoms with Gasteiger partial charge in [-0.25, -0.2) is 0 Å². The molecule has 2 rings (SSSR count). The molecule has 16 heavy (non-hydrogen) atoms. The quantitative estimate of drug-likeness (QED) is 0.802. The first kappa shape index (κ1) is 10.4. The van der Waals surface area contributed by atoms with E-state index in [1.807, 2.05) is 24.6 Å². The van der Waals surface area contributed by atoms with Crippen LogP contribution in [0.2, 0.25) is 0 Å². The van der Waals surface area contributed by atoms with Gasteiger partial charge in [0.15, 0.2) is 5.82 Å². The second-order valence-corrected chi connectivity index (χ2v) is 3.67. The third-order valence-electron chi connectivity index (χ3n) is 2.28. The fourth-order valence-corrected chi connectivity index (χ4v) is 1.54. The highest BCUT2D eigenvalue weighted by molar-refractivity contribution is 5.51. The molecule has 0 radical (unpaired) electrons. The fraction of sp³-hybridized carbons (Fsp3) is 0.300. The standard InChI is InChI=1S/C10H14N6/c1-7(10-15-13-6-16(10)2)14-9-3-8(11)4-12-5-9/h3-7,14H,11H2,1-2H3. The van der Waals surface area contributed by atoms with Crippen molar-refractivity contribution in [2.45, 2.75) is 13.0 Å². The number of anilines is 2. The van der Waals surface area contributed by atoms with Crippen LogP contribution in [-0.2, 0) is 7.05 Å². The Morgan fingerprint density at radius 2 is 2.25 bits per heavy atom. The van der Waals surface area contributed by atoms with Crippen LogP contribution in [0.1, 0.15) is 18.8 Å². The highest BCUT2D eigenvalue weighted by Crippen LogP contribution is 2.17. The van der Waals surface area contributed by atoms with Crippen LogP contribution in [0.3, 0.4) is 0 Å². The van der Waals surface area contributed by atoms with Crippen LogP contribution in [0.15, 0.2) is 24.8 Å². The molecular weight excluding hydrogens is 204 g/mol. The molecule has 2 aromatic heterocycles. The first-order valence-electron chi connectivity index (χ1n) is 4.98. The summed E-state index contributed by atoms with van der Waals surface area (Å²) in [4.78, 5) is 4.01. The Labute approximate surface area is 93.5 Å². The van der Waals surface area contributed by atoms with Crippen LogP contribution >= 0.6 is 0 Å².